The van der Waals surface area contributed by atoms with Crippen LogP contribution in [0.2, 0.25) is 0 Å². The number of aryl methyl sites for hydroxylation is 2. The number of piperidine rings is 1. The van der Waals surface area contributed by atoms with E-state index in [1.54, 1.807) is 4.68 Å². The standard InChI is InChI=1S/C30H40N8O/c1-23-19-24(2)38(33-23)22-29(39)36-17-15-35(16-18-36)28-8-4-3-7-27(28)25-20-31-30(32-21-25)37-13-9-26(10-14-37)34-11-5-6-12-34/h3-4,7-8,19-21,26H,5-6,9-18,22H2,1-2H3. The maximum Gasteiger partial charge on any atom is 0.244 e. The lowest BCUT2D eigenvalue weighted by Gasteiger charge is -2.37. The lowest BCUT2D eigenvalue weighted by atomic mass is 10.0. The topological polar surface area (TPSA) is 73.6 Å². The summed E-state index contributed by atoms with van der Waals surface area (Å²) in [6.07, 6.45) is 9.05. The molecule has 3 aromatic rings. The highest BCUT2D eigenvalue weighted by Crippen LogP contribution is 2.31. The van der Waals surface area contributed by atoms with Gasteiger partial charge in [0.15, 0.2) is 0 Å². The lowest BCUT2D eigenvalue weighted by molar-refractivity contribution is -0.132. The number of hydrogen-bond donors (Lipinski definition) is 0. The van der Waals surface area contributed by atoms with E-state index in [0.29, 0.717) is 19.6 Å². The lowest BCUT2D eigenvalue weighted by Crippen LogP contribution is -2.49. The van der Waals surface area contributed by atoms with E-state index in [4.69, 9.17) is 9.97 Å². The van der Waals surface area contributed by atoms with Gasteiger partial charge in [-0.25, -0.2) is 9.97 Å². The zero-order valence-corrected chi connectivity index (χ0v) is 23.3. The first-order valence-electron chi connectivity index (χ1n) is 14.5. The maximum atomic E-state index is 12.9. The van der Waals surface area contributed by atoms with Gasteiger partial charge in [-0.3, -0.25) is 9.48 Å². The molecule has 0 spiro atoms. The second-order valence-corrected chi connectivity index (χ2v) is 11.2. The molecule has 9 nitrogen and oxygen atoms in total. The van der Waals surface area contributed by atoms with Crippen molar-refractivity contribution in [3.8, 4) is 11.1 Å². The fraction of sp³-hybridized carbons (Fsp3) is 0.533. The van der Waals surface area contributed by atoms with E-state index >= 15 is 0 Å². The predicted molar refractivity (Wildman–Crippen MR) is 154 cm³/mol. The molecule has 0 atom stereocenters. The van der Waals surface area contributed by atoms with Crippen molar-refractivity contribution in [2.45, 2.75) is 52.1 Å². The molecule has 1 amide bonds. The number of carbonyl (C=O) groups is 1. The summed E-state index contributed by atoms with van der Waals surface area (Å²) in [7, 11) is 0. The molecule has 206 valence electrons. The van der Waals surface area contributed by atoms with E-state index in [1.165, 1.54) is 44.5 Å². The molecule has 0 aliphatic carbocycles. The minimum absolute atomic E-state index is 0.127. The largest absolute Gasteiger partial charge is 0.367 e. The number of piperazine rings is 1. The molecule has 3 fully saturated rings. The van der Waals surface area contributed by atoms with Gasteiger partial charge in [0.2, 0.25) is 11.9 Å². The summed E-state index contributed by atoms with van der Waals surface area (Å²) in [5, 5.41) is 4.45. The molecule has 9 heteroatoms. The Labute approximate surface area is 231 Å². The summed E-state index contributed by atoms with van der Waals surface area (Å²) < 4.78 is 1.80. The van der Waals surface area contributed by atoms with Crippen molar-refractivity contribution >= 4 is 17.5 Å². The van der Waals surface area contributed by atoms with Crippen molar-refractivity contribution in [1.29, 1.82) is 0 Å². The Balaban J connectivity index is 1.07. The van der Waals surface area contributed by atoms with E-state index < -0.39 is 0 Å². The molecule has 0 radical (unpaired) electrons. The van der Waals surface area contributed by atoms with Crippen LogP contribution in [-0.4, -0.2) is 93.9 Å². The van der Waals surface area contributed by atoms with Crippen LogP contribution >= 0.6 is 0 Å². The molecule has 2 aromatic heterocycles. The normalized spacial score (nSPS) is 19.2. The van der Waals surface area contributed by atoms with Gasteiger partial charge in [0.05, 0.1) is 5.69 Å². The number of amides is 1. The molecule has 39 heavy (non-hydrogen) atoms. The first kappa shape index (κ1) is 25.8. The number of aromatic nitrogens is 4. The number of para-hydroxylation sites is 1. The first-order chi connectivity index (χ1) is 19.0. The number of nitrogens with zero attached hydrogens (tertiary/aromatic N) is 8. The summed E-state index contributed by atoms with van der Waals surface area (Å²) >= 11 is 0. The number of hydrogen-bond acceptors (Lipinski definition) is 7. The van der Waals surface area contributed by atoms with Crippen molar-refractivity contribution < 1.29 is 4.79 Å². The Morgan fingerprint density at radius 1 is 0.872 bits per heavy atom. The third kappa shape index (κ3) is 5.64. The average Bonchev–Trinajstić information content (AvgIpc) is 3.63. The fourth-order valence-electron chi connectivity index (χ4n) is 6.41. The summed E-state index contributed by atoms with van der Waals surface area (Å²) in [6.45, 7) is 11.8. The van der Waals surface area contributed by atoms with Crippen molar-refractivity contribution in [2.24, 2.45) is 0 Å². The molecule has 5 heterocycles. The van der Waals surface area contributed by atoms with Crippen LogP contribution in [0.15, 0.2) is 42.7 Å². The Morgan fingerprint density at radius 2 is 1.56 bits per heavy atom. The molecule has 6 rings (SSSR count). The van der Waals surface area contributed by atoms with E-state index in [2.05, 4.69) is 44.1 Å². The van der Waals surface area contributed by atoms with Gasteiger partial charge in [0.1, 0.15) is 6.54 Å². The first-order valence-corrected chi connectivity index (χ1v) is 14.5. The number of rotatable bonds is 6. The van der Waals surface area contributed by atoms with Gasteiger partial charge in [-0.1, -0.05) is 18.2 Å². The van der Waals surface area contributed by atoms with Crippen molar-refractivity contribution in [1.82, 2.24) is 29.5 Å². The predicted octanol–water partition coefficient (Wildman–Crippen LogP) is 3.37. The quantitative estimate of drug-likeness (QED) is 0.486. The van der Waals surface area contributed by atoms with E-state index in [9.17, 15) is 4.79 Å². The minimum atomic E-state index is 0.127. The summed E-state index contributed by atoms with van der Waals surface area (Å²) in [5.41, 5.74) is 5.31. The van der Waals surface area contributed by atoms with Gasteiger partial charge in [-0.2, -0.15) is 5.10 Å². The number of benzene rings is 1. The SMILES string of the molecule is Cc1cc(C)n(CC(=O)N2CCN(c3ccccc3-c3cnc(N4CCC(N5CCCC5)CC4)nc3)CC2)n1. The minimum Gasteiger partial charge on any atom is -0.367 e. The van der Waals surface area contributed by atoms with Crippen LogP contribution in [0.5, 0.6) is 0 Å². The van der Waals surface area contributed by atoms with Crippen molar-refractivity contribution in [2.75, 3.05) is 62.2 Å². The Kier molecular flexibility index (Phi) is 7.50. The molecule has 3 saturated heterocycles. The van der Waals surface area contributed by atoms with Gasteiger partial charge in [-0.05, 0) is 64.8 Å². The molecular formula is C30H40N8O. The second-order valence-electron chi connectivity index (χ2n) is 11.2. The zero-order chi connectivity index (χ0) is 26.8. The Hall–Kier alpha value is -3.46. The highest BCUT2D eigenvalue weighted by molar-refractivity contribution is 5.79. The second kappa shape index (κ2) is 11.3. The third-order valence-electron chi connectivity index (χ3n) is 8.62. The van der Waals surface area contributed by atoms with E-state index in [0.717, 1.165) is 60.7 Å². The summed E-state index contributed by atoms with van der Waals surface area (Å²) in [6, 6.07) is 11.2. The van der Waals surface area contributed by atoms with Crippen molar-refractivity contribution in [3.63, 3.8) is 0 Å². The van der Waals surface area contributed by atoms with Crippen molar-refractivity contribution in [3.05, 3.63) is 54.1 Å². The van der Waals surface area contributed by atoms with E-state index in [1.807, 2.05) is 37.2 Å². The van der Waals surface area contributed by atoms with Crippen LogP contribution in [0.4, 0.5) is 11.6 Å². The molecule has 0 N–H and O–H groups in total. The Bertz CT molecular complexity index is 1270. The molecule has 1 aromatic carbocycles. The molecule has 0 saturated carbocycles. The number of carbonyl (C=O) groups excluding carboxylic acids is 1. The third-order valence-corrected chi connectivity index (χ3v) is 8.62. The Morgan fingerprint density at radius 3 is 2.23 bits per heavy atom. The molecule has 0 bridgehead atoms. The maximum absolute atomic E-state index is 12.9. The molecule has 0 unspecified atom stereocenters. The van der Waals surface area contributed by atoms with Gasteiger partial charge < -0.3 is 19.6 Å². The van der Waals surface area contributed by atoms with Gasteiger partial charge in [0.25, 0.3) is 0 Å². The molecule has 3 aliphatic rings. The van der Waals surface area contributed by atoms with Gasteiger partial charge in [-0.15, -0.1) is 0 Å². The fourth-order valence-corrected chi connectivity index (χ4v) is 6.41. The van der Waals surface area contributed by atoms with Crippen LogP contribution in [0.25, 0.3) is 11.1 Å². The zero-order valence-electron chi connectivity index (χ0n) is 23.3. The average molecular weight is 529 g/mol. The van der Waals surface area contributed by atoms with Gasteiger partial charge in [0, 0.05) is 80.2 Å². The van der Waals surface area contributed by atoms with E-state index in [-0.39, 0.29) is 5.91 Å². The summed E-state index contributed by atoms with van der Waals surface area (Å²) in [4.78, 5) is 31.9. The highest BCUT2D eigenvalue weighted by Gasteiger charge is 2.28. The summed E-state index contributed by atoms with van der Waals surface area (Å²) in [5.74, 6) is 0.966. The monoisotopic (exact) mass is 528 g/mol. The van der Waals surface area contributed by atoms with Crippen LogP contribution in [0.1, 0.15) is 37.1 Å². The number of likely N-dealkylation sites (tertiary alicyclic amines) is 1. The smallest absolute Gasteiger partial charge is 0.244 e. The van der Waals surface area contributed by atoms with Crippen LogP contribution in [0, 0.1) is 13.8 Å². The molecular weight excluding hydrogens is 488 g/mol. The molecule has 3 aliphatic heterocycles. The highest BCUT2D eigenvalue weighted by atomic mass is 16.2. The number of anilines is 2. The van der Waals surface area contributed by atoms with Gasteiger partial charge >= 0.3 is 0 Å². The van der Waals surface area contributed by atoms with Crippen LogP contribution < -0.4 is 9.80 Å². The van der Waals surface area contributed by atoms with Crippen LogP contribution in [0.3, 0.4) is 0 Å². The van der Waals surface area contributed by atoms with Crippen LogP contribution in [-0.2, 0) is 11.3 Å².